The highest BCUT2D eigenvalue weighted by atomic mass is 35.5. The van der Waals surface area contributed by atoms with Gasteiger partial charge in [-0.2, -0.15) is 0 Å². The molecular formula is C26H25Cl2NO4. The van der Waals surface area contributed by atoms with Crippen molar-refractivity contribution in [3.63, 3.8) is 0 Å². The summed E-state index contributed by atoms with van der Waals surface area (Å²) in [5, 5.41) is 0.710. The number of hydrogen-bond acceptors (Lipinski definition) is 4. The first-order valence-corrected chi connectivity index (χ1v) is 11.7. The Hall–Kier alpha value is -2.68. The average molecular weight is 486 g/mol. The van der Waals surface area contributed by atoms with Crippen molar-refractivity contribution >= 4 is 35.3 Å². The van der Waals surface area contributed by atoms with E-state index in [-0.39, 0.29) is 23.6 Å². The van der Waals surface area contributed by atoms with Crippen molar-refractivity contribution in [3.8, 4) is 11.8 Å². The predicted molar refractivity (Wildman–Crippen MR) is 128 cm³/mol. The van der Waals surface area contributed by atoms with E-state index in [1.54, 1.807) is 11.0 Å². The first-order chi connectivity index (χ1) is 15.8. The monoisotopic (exact) mass is 485 g/mol. The molecule has 1 aliphatic carbocycles. The molecule has 1 amide bonds. The molecule has 7 heteroatoms. The molecule has 1 saturated carbocycles. The van der Waals surface area contributed by atoms with E-state index in [0.717, 1.165) is 24.0 Å². The number of benzene rings is 2. The van der Waals surface area contributed by atoms with Gasteiger partial charge in [-0.1, -0.05) is 41.3 Å². The first kappa shape index (κ1) is 23.5. The minimum Gasteiger partial charge on any atom is -0.453 e. The van der Waals surface area contributed by atoms with Crippen molar-refractivity contribution in [3.05, 3.63) is 69.2 Å². The Labute approximate surface area is 204 Å². The van der Waals surface area contributed by atoms with Crippen LogP contribution in [-0.4, -0.2) is 42.3 Å². The lowest BCUT2D eigenvalue weighted by molar-refractivity contribution is -0.0445. The van der Waals surface area contributed by atoms with Crippen LogP contribution in [0.5, 0.6) is 0 Å². The smallest absolute Gasteiger partial charge is 0.409 e. The van der Waals surface area contributed by atoms with Crippen molar-refractivity contribution < 1.29 is 19.1 Å². The zero-order chi connectivity index (χ0) is 23.6. The number of fused-ring (bicyclic) bond motifs is 1. The fourth-order valence-electron chi connectivity index (χ4n) is 4.96. The van der Waals surface area contributed by atoms with Gasteiger partial charge in [0.05, 0.1) is 12.7 Å². The molecule has 4 rings (SSSR count). The maximum atomic E-state index is 13.2. The molecule has 1 saturated heterocycles. The van der Waals surface area contributed by atoms with E-state index in [1.807, 2.05) is 31.2 Å². The van der Waals surface area contributed by atoms with E-state index in [0.29, 0.717) is 29.4 Å². The Morgan fingerprint density at radius 3 is 2.58 bits per heavy atom. The summed E-state index contributed by atoms with van der Waals surface area (Å²) in [6.07, 6.45) is 2.47. The van der Waals surface area contributed by atoms with Crippen LogP contribution in [0.3, 0.4) is 0 Å². The molecule has 3 atom stereocenters. The Bertz CT molecular complexity index is 1120. The third-order valence-electron chi connectivity index (χ3n) is 6.41. The number of esters is 1. The largest absolute Gasteiger partial charge is 0.453 e. The number of aryl methyl sites for hydroxylation is 1. The maximum absolute atomic E-state index is 13.2. The van der Waals surface area contributed by atoms with Crippen molar-refractivity contribution in [1.29, 1.82) is 0 Å². The lowest BCUT2D eigenvalue weighted by Gasteiger charge is -2.42. The number of likely N-dealkylation sites (tertiary alicyclic amines) is 1. The molecule has 2 aromatic carbocycles. The van der Waals surface area contributed by atoms with Crippen LogP contribution in [0.1, 0.15) is 47.2 Å². The maximum Gasteiger partial charge on any atom is 0.409 e. The van der Waals surface area contributed by atoms with Gasteiger partial charge in [0.2, 0.25) is 0 Å². The highest BCUT2D eigenvalue weighted by molar-refractivity contribution is 6.35. The lowest BCUT2D eigenvalue weighted by atomic mass is 9.72. The van der Waals surface area contributed by atoms with Gasteiger partial charge in [-0.15, -0.1) is 0 Å². The quantitative estimate of drug-likeness (QED) is 0.393. The molecule has 2 aliphatic rings. The van der Waals surface area contributed by atoms with Gasteiger partial charge in [0.25, 0.3) is 0 Å². The second-order valence-electron chi connectivity index (χ2n) is 8.57. The van der Waals surface area contributed by atoms with Gasteiger partial charge < -0.3 is 14.4 Å². The molecule has 172 valence electrons. The Kier molecular flexibility index (Phi) is 6.88. The normalized spacial score (nSPS) is 23.8. The highest BCUT2D eigenvalue weighted by Gasteiger charge is 2.53. The number of amides is 1. The molecule has 1 heterocycles. The molecule has 2 aromatic rings. The summed E-state index contributed by atoms with van der Waals surface area (Å²) in [4.78, 5) is 27.3. The minimum atomic E-state index is -1.04. The Balaban J connectivity index is 1.73. The number of halogens is 2. The summed E-state index contributed by atoms with van der Waals surface area (Å²) < 4.78 is 11.2. The summed E-state index contributed by atoms with van der Waals surface area (Å²) in [6.45, 7) is 2.54. The number of rotatable bonds is 2. The van der Waals surface area contributed by atoms with Gasteiger partial charge in [-0.05, 0) is 74.4 Å². The molecule has 0 spiro atoms. The molecular weight excluding hydrogens is 461 g/mol. The van der Waals surface area contributed by atoms with Crippen molar-refractivity contribution in [2.45, 2.75) is 44.2 Å². The molecule has 1 aliphatic heterocycles. The third kappa shape index (κ3) is 4.98. The SMILES string of the molecule is COC(=O)N1CCC2C1CCCC2(C#Cc1cccc(C)c1)OC(=O)c1cc(Cl)cc(Cl)c1. The average Bonchev–Trinajstić information content (AvgIpc) is 3.22. The molecule has 5 nitrogen and oxygen atoms in total. The number of carbonyl (C=O) groups is 2. The van der Waals surface area contributed by atoms with Crippen LogP contribution in [0.2, 0.25) is 10.0 Å². The van der Waals surface area contributed by atoms with E-state index in [1.165, 1.54) is 19.2 Å². The molecule has 0 radical (unpaired) electrons. The van der Waals surface area contributed by atoms with Crippen molar-refractivity contribution in [2.75, 3.05) is 13.7 Å². The predicted octanol–water partition coefficient (Wildman–Crippen LogP) is 5.89. The fourth-order valence-corrected chi connectivity index (χ4v) is 5.49. The second kappa shape index (κ2) is 9.67. The standard InChI is InChI=1S/C26H25Cl2NO4/c1-17-5-3-6-18(13-17)8-11-26(33-24(30)19-14-20(27)16-21(28)15-19)10-4-7-23-22(26)9-12-29(23)25(31)32-2/h3,5-6,13-16,22-23H,4,7,9-10,12H2,1-2H3. The molecule has 33 heavy (non-hydrogen) atoms. The first-order valence-electron chi connectivity index (χ1n) is 11.0. The van der Waals surface area contributed by atoms with Crippen LogP contribution < -0.4 is 0 Å². The van der Waals surface area contributed by atoms with Gasteiger partial charge in [0, 0.05) is 34.1 Å². The van der Waals surface area contributed by atoms with Gasteiger partial charge >= 0.3 is 12.1 Å². The van der Waals surface area contributed by atoms with Crippen LogP contribution >= 0.6 is 23.2 Å². The molecule has 0 N–H and O–H groups in total. The second-order valence-corrected chi connectivity index (χ2v) is 9.45. The van der Waals surface area contributed by atoms with Gasteiger partial charge in [0.1, 0.15) is 0 Å². The summed E-state index contributed by atoms with van der Waals surface area (Å²) in [5.41, 5.74) is 1.18. The summed E-state index contributed by atoms with van der Waals surface area (Å²) >= 11 is 12.2. The molecule has 0 aromatic heterocycles. The molecule has 0 bridgehead atoms. The number of carbonyl (C=O) groups excluding carboxylic acids is 2. The van der Waals surface area contributed by atoms with E-state index < -0.39 is 11.6 Å². The van der Waals surface area contributed by atoms with Gasteiger partial charge in [-0.25, -0.2) is 9.59 Å². The zero-order valence-electron chi connectivity index (χ0n) is 18.6. The van der Waals surface area contributed by atoms with Gasteiger partial charge in [0.15, 0.2) is 5.60 Å². The van der Waals surface area contributed by atoms with Crippen molar-refractivity contribution in [2.24, 2.45) is 5.92 Å². The van der Waals surface area contributed by atoms with Crippen LogP contribution in [0.4, 0.5) is 4.79 Å². The summed E-state index contributed by atoms with van der Waals surface area (Å²) in [7, 11) is 1.38. The number of ether oxygens (including phenoxy) is 2. The van der Waals surface area contributed by atoms with E-state index in [4.69, 9.17) is 32.7 Å². The number of methoxy groups -OCH3 is 1. The number of nitrogens with zero attached hydrogens (tertiary/aromatic N) is 1. The number of hydrogen-bond donors (Lipinski definition) is 0. The fraction of sp³-hybridized carbons (Fsp3) is 0.385. The Morgan fingerprint density at radius 2 is 1.88 bits per heavy atom. The van der Waals surface area contributed by atoms with E-state index >= 15 is 0 Å². The molecule has 2 fully saturated rings. The van der Waals surface area contributed by atoms with Crippen LogP contribution in [0.15, 0.2) is 42.5 Å². The van der Waals surface area contributed by atoms with Gasteiger partial charge in [-0.3, -0.25) is 0 Å². The summed E-state index contributed by atoms with van der Waals surface area (Å²) in [6, 6.07) is 12.4. The minimum absolute atomic E-state index is 0.103. The molecule has 3 unspecified atom stereocenters. The van der Waals surface area contributed by atoms with E-state index in [9.17, 15) is 9.59 Å². The van der Waals surface area contributed by atoms with Crippen LogP contribution in [-0.2, 0) is 9.47 Å². The summed E-state index contributed by atoms with van der Waals surface area (Å²) in [5.74, 6) is 5.90. The third-order valence-corrected chi connectivity index (χ3v) is 6.85. The van der Waals surface area contributed by atoms with E-state index in [2.05, 4.69) is 11.8 Å². The van der Waals surface area contributed by atoms with Crippen LogP contribution in [0, 0.1) is 24.7 Å². The zero-order valence-corrected chi connectivity index (χ0v) is 20.1. The van der Waals surface area contributed by atoms with Crippen LogP contribution in [0.25, 0.3) is 0 Å². The Morgan fingerprint density at radius 1 is 1.12 bits per heavy atom. The highest BCUT2D eigenvalue weighted by Crippen LogP contribution is 2.45. The topological polar surface area (TPSA) is 55.8 Å². The lowest BCUT2D eigenvalue weighted by Crippen LogP contribution is -2.51. The van der Waals surface area contributed by atoms with Crippen molar-refractivity contribution in [1.82, 2.24) is 4.90 Å².